The SMILES string of the molecule is CCCN1CCCC(CN)C1c1ccc2c(c1)CCO2. The van der Waals surface area contributed by atoms with E-state index in [1.165, 1.54) is 43.5 Å². The molecule has 20 heavy (non-hydrogen) atoms. The Kier molecular flexibility index (Phi) is 4.27. The van der Waals surface area contributed by atoms with E-state index in [0.29, 0.717) is 12.0 Å². The summed E-state index contributed by atoms with van der Waals surface area (Å²) in [5.41, 5.74) is 8.87. The number of piperidine rings is 1. The molecule has 2 unspecified atom stereocenters. The fourth-order valence-corrected chi connectivity index (χ4v) is 3.81. The fourth-order valence-electron chi connectivity index (χ4n) is 3.81. The number of nitrogens with zero attached hydrogens (tertiary/aromatic N) is 1. The normalized spacial score (nSPS) is 26.3. The molecule has 3 heteroatoms. The first-order valence-corrected chi connectivity index (χ1v) is 8.03. The maximum absolute atomic E-state index is 6.05. The van der Waals surface area contributed by atoms with Crippen LogP contribution < -0.4 is 10.5 Å². The van der Waals surface area contributed by atoms with E-state index >= 15 is 0 Å². The molecule has 0 bridgehead atoms. The molecule has 0 saturated carbocycles. The first-order valence-electron chi connectivity index (χ1n) is 8.03. The Morgan fingerprint density at radius 3 is 3.10 bits per heavy atom. The van der Waals surface area contributed by atoms with Gasteiger partial charge in [-0.25, -0.2) is 0 Å². The van der Waals surface area contributed by atoms with E-state index in [-0.39, 0.29) is 0 Å². The molecule has 0 amide bonds. The van der Waals surface area contributed by atoms with Crippen LogP contribution in [-0.2, 0) is 6.42 Å². The predicted molar refractivity (Wildman–Crippen MR) is 82.0 cm³/mol. The van der Waals surface area contributed by atoms with Crippen molar-refractivity contribution >= 4 is 0 Å². The van der Waals surface area contributed by atoms with Crippen LogP contribution in [0.25, 0.3) is 0 Å². The van der Waals surface area contributed by atoms with Crippen LogP contribution in [0.4, 0.5) is 0 Å². The summed E-state index contributed by atoms with van der Waals surface area (Å²) >= 11 is 0. The summed E-state index contributed by atoms with van der Waals surface area (Å²) in [6, 6.07) is 7.28. The summed E-state index contributed by atoms with van der Waals surface area (Å²) < 4.78 is 5.63. The average Bonchev–Trinajstić information content (AvgIpc) is 2.94. The largest absolute Gasteiger partial charge is 0.493 e. The number of ether oxygens (including phenoxy) is 1. The Bertz CT molecular complexity index is 458. The van der Waals surface area contributed by atoms with E-state index < -0.39 is 0 Å². The fraction of sp³-hybridized carbons (Fsp3) is 0.647. The van der Waals surface area contributed by atoms with E-state index in [1.54, 1.807) is 0 Å². The highest BCUT2D eigenvalue weighted by atomic mass is 16.5. The molecule has 3 nitrogen and oxygen atoms in total. The van der Waals surface area contributed by atoms with Gasteiger partial charge in [-0.3, -0.25) is 4.90 Å². The minimum Gasteiger partial charge on any atom is -0.493 e. The first-order chi connectivity index (χ1) is 9.83. The second kappa shape index (κ2) is 6.15. The molecule has 0 spiro atoms. The highest BCUT2D eigenvalue weighted by Gasteiger charge is 2.31. The Labute approximate surface area is 122 Å². The van der Waals surface area contributed by atoms with Gasteiger partial charge in [-0.1, -0.05) is 19.1 Å². The third-order valence-corrected chi connectivity index (χ3v) is 4.73. The predicted octanol–water partition coefficient (Wildman–Crippen LogP) is 2.74. The lowest BCUT2D eigenvalue weighted by atomic mass is 9.84. The van der Waals surface area contributed by atoms with Crippen LogP contribution in [0.1, 0.15) is 43.4 Å². The molecule has 1 aromatic rings. The van der Waals surface area contributed by atoms with Crippen molar-refractivity contribution in [3.8, 4) is 5.75 Å². The van der Waals surface area contributed by atoms with Gasteiger partial charge in [0.1, 0.15) is 5.75 Å². The van der Waals surface area contributed by atoms with Crippen molar-refractivity contribution in [3.63, 3.8) is 0 Å². The van der Waals surface area contributed by atoms with Crippen molar-refractivity contribution < 1.29 is 4.74 Å². The van der Waals surface area contributed by atoms with Crippen LogP contribution in [0.5, 0.6) is 5.75 Å². The highest BCUT2D eigenvalue weighted by molar-refractivity contribution is 5.41. The molecular formula is C17H26N2O. The monoisotopic (exact) mass is 274 g/mol. The summed E-state index contributed by atoms with van der Waals surface area (Å²) in [5.74, 6) is 1.67. The number of rotatable bonds is 4. The summed E-state index contributed by atoms with van der Waals surface area (Å²) in [5, 5.41) is 0. The molecule has 110 valence electrons. The third kappa shape index (κ3) is 2.57. The topological polar surface area (TPSA) is 38.5 Å². The summed E-state index contributed by atoms with van der Waals surface area (Å²) in [6.07, 6.45) is 4.81. The van der Waals surface area contributed by atoms with Crippen molar-refractivity contribution in [1.29, 1.82) is 0 Å². The van der Waals surface area contributed by atoms with Crippen LogP contribution in [0.15, 0.2) is 18.2 Å². The Hall–Kier alpha value is -1.06. The molecule has 2 aliphatic heterocycles. The standard InChI is InChI=1S/C17H26N2O/c1-2-8-19-9-3-4-15(12-18)17(19)14-5-6-16-13(11-14)7-10-20-16/h5-6,11,15,17H,2-4,7-10,12,18H2,1H3. The van der Waals surface area contributed by atoms with Crippen LogP contribution in [0.2, 0.25) is 0 Å². The second-order valence-corrected chi connectivity index (χ2v) is 6.08. The van der Waals surface area contributed by atoms with Crippen molar-refractivity contribution in [3.05, 3.63) is 29.3 Å². The molecule has 0 aromatic heterocycles. The minimum atomic E-state index is 0.500. The zero-order valence-electron chi connectivity index (χ0n) is 12.5. The van der Waals surface area contributed by atoms with Gasteiger partial charge in [0.05, 0.1) is 6.61 Å². The molecule has 1 saturated heterocycles. The van der Waals surface area contributed by atoms with Gasteiger partial charge in [0, 0.05) is 12.5 Å². The van der Waals surface area contributed by atoms with Gasteiger partial charge in [-0.15, -0.1) is 0 Å². The molecule has 1 fully saturated rings. The van der Waals surface area contributed by atoms with Crippen LogP contribution in [0.3, 0.4) is 0 Å². The zero-order chi connectivity index (χ0) is 13.9. The second-order valence-electron chi connectivity index (χ2n) is 6.08. The van der Waals surface area contributed by atoms with E-state index in [1.807, 2.05) is 0 Å². The molecule has 1 aromatic carbocycles. The van der Waals surface area contributed by atoms with Gasteiger partial charge in [0.25, 0.3) is 0 Å². The van der Waals surface area contributed by atoms with Crippen molar-refractivity contribution in [1.82, 2.24) is 4.90 Å². The Balaban J connectivity index is 1.90. The van der Waals surface area contributed by atoms with Crippen molar-refractivity contribution in [2.24, 2.45) is 11.7 Å². The third-order valence-electron chi connectivity index (χ3n) is 4.73. The molecule has 3 rings (SSSR count). The maximum Gasteiger partial charge on any atom is 0.122 e. The molecule has 2 N–H and O–H groups in total. The quantitative estimate of drug-likeness (QED) is 0.917. The van der Waals surface area contributed by atoms with Gasteiger partial charge in [0.2, 0.25) is 0 Å². The number of hydrogen-bond acceptors (Lipinski definition) is 3. The minimum absolute atomic E-state index is 0.500. The summed E-state index contributed by atoms with van der Waals surface area (Å²) in [6.45, 7) is 6.28. The molecule has 2 aliphatic rings. The lowest BCUT2D eigenvalue weighted by Gasteiger charge is -2.41. The van der Waals surface area contributed by atoms with Gasteiger partial charge in [-0.05, 0) is 62.0 Å². The molecule has 0 aliphatic carbocycles. The van der Waals surface area contributed by atoms with Crippen LogP contribution >= 0.6 is 0 Å². The maximum atomic E-state index is 6.05. The van der Waals surface area contributed by atoms with Gasteiger partial charge >= 0.3 is 0 Å². The van der Waals surface area contributed by atoms with Crippen molar-refractivity contribution in [2.45, 2.75) is 38.6 Å². The first kappa shape index (κ1) is 13.9. The van der Waals surface area contributed by atoms with E-state index in [0.717, 1.165) is 25.3 Å². The van der Waals surface area contributed by atoms with E-state index in [9.17, 15) is 0 Å². The van der Waals surface area contributed by atoms with Gasteiger partial charge in [-0.2, -0.15) is 0 Å². The summed E-state index contributed by atoms with van der Waals surface area (Å²) in [7, 11) is 0. The number of fused-ring (bicyclic) bond motifs is 1. The van der Waals surface area contributed by atoms with Crippen LogP contribution in [-0.4, -0.2) is 31.1 Å². The summed E-state index contributed by atoms with van der Waals surface area (Å²) in [4.78, 5) is 2.64. The lowest BCUT2D eigenvalue weighted by molar-refractivity contribution is 0.0960. The van der Waals surface area contributed by atoms with Crippen molar-refractivity contribution in [2.75, 3.05) is 26.2 Å². The van der Waals surface area contributed by atoms with Crippen LogP contribution in [0, 0.1) is 5.92 Å². The smallest absolute Gasteiger partial charge is 0.122 e. The number of hydrogen-bond donors (Lipinski definition) is 1. The zero-order valence-corrected chi connectivity index (χ0v) is 12.5. The number of likely N-dealkylation sites (tertiary alicyclic amines) is 1. The Morgan fingerprint density at radius 2 is 2.30 bits per heavy atom. The number of nitrogens with two attached hydrogens (primary N) is 1. The molecular weight excluding hydrogens is 248 g/mol. The number of benzene rings is 1. The van der Waals surface area contributed by atoms with E-state index in [2.05, 4.69) is 30.0 Å². The molecule has 2 atom stereocenters. The molecule has 0 radical (unpaired) electrons. The molecule has 2 heterocycles. The van der Waals surface area contributed by atoms with Gasteiger partial charge in [0.15, 0.2) is 0 Å². The van der Waals surface area contributed by atoms with E-state index in [4.69, 9.17) is 10.5 Å². The average molecular weight is 274 g/mol. The Morgan fingerprint density at radius 1 is 1.40 bits per heavy atom. The lowest BCUT2D eigenvalue weighted by Crippen LogP contribution is -2.41. The highest BCUT2D eigenvalue weighted by Crippen LogP contribution is 2.38. The van der Waals surface area contributed by atoms with Gasteiger partial charge < -0.3 is 10.5 Å².